The Bertz CT molecular complexity index is 600. The maximum atomic E-state index is 13.7. The lowest BCUT2D eigenvalue weighted by Gasteiger charge is -2.08. The van der Waals surface area contributed by atoms with Gasteiger partial charge in [-0.15, -0.1) is 0 Å². The lowest BCUT2D eigenvalue weighted by atomic mass is 10.0. The summed E-state index contributed by atoms with van der Waals surface area (Å²) < 4.78 is 13.7. The third kappa shape index (κ3) is 2.33. The Hall–Kier alpha value is -1.96. The van der Waals surface area contributed by atoms with E-state index in [4.69, 9.17) is 0 Å². The molecule has 0 radical (unpaired) electrons. The fourth-order valence-corrected chi connectivity index (χ4v) is 1.97. The van der Waals surface area contributed by atoms with E-state index in [-0.39, 0.29) is 5.82 Å². The van der Waals surface area contributed by atoms with Crippen LogP contribution in [0.4, 0.5) is 4.39 Å². The zero-order chi connectivity index (χ0) is 13.1. The average molecular weight is 241 g/mol. The summed E-state index contributed by atoms with van der Waals surface area (Å²) in [4.78, 5) is 4.43. The molecule has 2 rings (SSSR count). The van der Waals surface area contributed by atoms with E-state index >= 15 is 0 Å². The van der Waals surface area contributed by atoms with Gasteiger partial charge in [0.2, 0.25) is 0 Å². The van der Waals surface area contributed by atoms with E-state index in [1.807, 2.05) is 39.0 Å². The molecule has 1 aromatic carbocycles. The lowest BCUT2D eigenvalue weighted by Crippen LogP contribution is -1.93. The van der Waals surface area contributed by atoms with Gasteiger partial charge in [0.25, 0.3) is 0 Å². The number of pyridine rings is 1. The molecule has 0 spiro atoms. The van der Waals surface area contributed by atoms with Crippen LogP contribution in [0.25, 0.3) is 16.7 Å². The second-order valence-corrected chi connectivity index (χ2v) is 4.34. The Morgan fingerprint density at radius 1 is 1.28 bits per heavy atom. The van der Waals surface area contributed by atoms with Crippen LogP contribution < -0.4 is 0 Å². The fraction of sp³-hybridized carbons (Fsp3) is 0.188. The van der Waals surface area contributed by atoms with Crippen LogP contribution in [-0.4, -0.2) is 4.98 Å². The van der Waals surface area contributed by atoms with Gasteiger partial charge < -0.3 is 0 Å². The molecule has 1 nitrogen and oxygen atoms in total. The highest BCUT2D eigenvalue weighted by atomic mass is 19.1. The topological polar surface area (TPSA) is 12.9 Å². The standard InChI is InChI=1S/C16H16FN/c1-4-11(2)16-12(3)9-13(10-18-16)14-7-5-6-8-15(14)17/h4-10H,1-3H3/b11-4-. The van der Waals surface area contributed by atoms with Crippen molar-refractivity contribution < 1.29 is 4.39 Å². The number of rotatable bonds is 2. The normalized spacial score (nSPS) is 11.7. The third-order valence-electron chi connectivity index (χ3n) is 3.07. The van der Waals surface area contributed by atoms with E-state index in [9.17, 15) is 4.39 Å². The van der Waals surface area contributed by atoms with Gasteiger partial charge in [-0.05, 0) is 44.0 Å². The van der Waals surface area contributed by atoms with Crippen LogP contribution in [0.1, 0.15) is 25.1 Å². The van der Waals surface area contributed by atoms with E-state index < -0.39 is 0 Å². The molecule has 0 aliphatic carbocycles. The molecule has 0 saturated carbocycles. The molecule has 0 aliphatic heterocycles. The zero-order valence-electron chi connectivity index (χ0n) is 10.9. The fourth-order valence-electron chi connectivity index (χ4n) is 1.97. The van der Waals surface area contributed by atoms with Crippen LogP contribution in [0.2, 0.25) is 0 Å². The molecule has 0 unspecified atom stereocenters. The zero-order valence-corrected chi connectivity index (χ0v) is 10.9. The molecular formula is C16H16FN. The first-order chi connectivity index (χ1) is 8.63. The summed E-state index contributed by atoms with van der Waals surface area (Å²) in [5, 5.41) is 0. The molecule has 0 amide bonds. The highest BCUT2D eigenvalue weighted by Gasteiger charge is 2.07. The molecule has 1 heterocycles. The summed E-state index contributed by atoms with van der Waals surface area (Å²) in [5.41, 5.74) is 4.58. The highest BCUT2D eigenvalue weighted by molar-refractivity contribution is 5.69. The first-order valence-electron chi connectivity index (χ1n) is 5.98. The number of hydrogen-bond acceptors (Lipinski definition) is 1. The van der Waals surface area contributed by atoms with Gasteiger partial charge in [-0.2, -0.15) is 0 Å². The molecule has 0 N–H and O–H groups in total. The molecule has 0 fully saturated rings. The van der Waals surface area contributed by atoms with E-state index in [0.29, 0.717) is 5.56 Å². The summed E-state index contributed by atoms with van der Waals surface area (Å²) >= 11 is 0. The summed E-state index contributed by atoms with van der Waals surface area (Å²) in [5.74, 6) is -0.214. The van der Waals surface area contributed by atoms with E-state index in [0.717, 1.165) is 22.4 Å². The lowest BCUT2D eigenvalue weighted by molar-refractivity contribution is 0.631. The molecule has 0 aliphatic rings. The number of aromatic nitrogens is 1. The first-order valence-corrected chi connectivity index (χ1v) is 5.98. The van der Waals surface area contributed by atoms with Crippen LogP contribution >= 0.6 is 0 Å². The predicted octanol–water partition coefficient (Wildman–Crippen LogP) is 4.62. The van der Waals surface area contributed by atoms with Crippen LogP contribution in [0.3, 0.4) is 0 Å². The largest absolute Gasteiger partial charge is 0.256 e. The third-order valence-corrected chi connectivity index (χ3v) is 3.07. The minimum atomic E-state index is -0.214. The van der Waals surface area contributed by atoms with E-state index in [1.54, 1.807) is 18.3 Å². The predicted molar refractivity (Wildman–Crippen MR) is 73.7 cm³/mol. The summed E-state index contributed by atoms with van der Waals surface area (Å²) in [6, 6.07) is 8.74. The van der Waals surface area contributed by atoms with E-state index in [1.165, 1.54) is 6.07 Å². The van der Waals surface area contributed by atoms with Crippen molar-refractivity contribution in [2.75, 3.05) is 0 Å². The van der Waals surface area contributed by atoms with Crippen molar-refractivity contribution in [3.63, 3.8) is 0 Å². The number of hydrogen-bond donors (Lipinski definition) is 0. The smallest absolute Gasteiger partial charge is 0.131 e. The second-order valence-electron chi connectivity index (χ2n) is 4.34. The Labute approximate surface area is 107 Å². The highest BCUT2D eigenvalue weighted by Crippen LogP contribution is 2.25. The van der Waals surface area contributed by atoms with E-state index in [2.05, 4.69) is 4.98 Å². The Morgan fingerprint density at radius 2 is 2.00 bits per heavy atom. The molecule has 92 valence electrons. The van der Waals surface area contributed by atoms with Gasteiger partial charge in [0.15, 0.2) is 0 Å². The van der Waals surface area contributed by atoms with Crippen molar-refractivity contribution in [2.45, 2.75) is 20.8 Å². The summed E-state index contributed by atoms with van der Waals surface area (Å²) in [7, 11) is 0. The van der Waals surface area contributed by atoms with Gasteiger partial charge >= 0.3 is 0 Å². The molecule has 0 saturated heterocycles. The van der Waals surface area contributed by atoms with Gasteiger partial charge in [0.05, 0.1) is 5.69 Å². The number of nitrogens with zero attached hydrogens (tertiary/aromatic N) is 1. The Balaban J connectivity index is 2.50. The molecule has 2 aromatic rings. The maximum Gasteiger partial charge on any atom is 0.131 e. The number of halogens is 1. The van der Waals surface area contributed by atoms with Crippen molar-refractivity contribution in [2.24, 2.45) is 0 Å². The van der Waals surface area contributed by atoms with Crippen molar-refractivity contribution in [1.82, 2.24) is 4.98 Å². The summed E-state index contributed by atoms with van der Waals surface area (Å²) in [6.45, 7) is 6.01. The van der Waals surface area contributed by atoms with Gasteiger partial charge in [-0.1, -0.05) is 24.3 Å². The minimum absolute atomic E-state index is 0.214. The quantitative estimate of drug-likeness (QED) is 0.747. The van der Waals surface area contributed by atoms with Crippen molar-refractivity contribution in [3.05, 3.63) is 59.7 Å². The van der Waals surface area contributed by atoms with Crippen molar-refractivity contribution in [3.8, 4) is 11.1 Å². The average Bonchev–Trinajstić information content (AvgIpc) is 2.38. The number of allylic oxidation sites excluding steroid dienone is 2. The monoisotopic (exact) mass is 241 g/mol. The molecule has 0 bridgehead atoms. The van der Waals surface area contributed by atoms with Crippen LogP contribution in [0, 0.1) is 12.7 Å². The SMILES string of the molecule is C/C=C(/C)c1ncc(-c2ccccc2F)cc1C. The molecule has 1 aromatic heterocycles. The second kappa shape index (κ2) is 5.13. The van der Waals surface area contributed by atoms with Gasteiger partial charge in [-0.3, -0.25) is 4.98 Å². The Morgan fingerprint density at radius 3 is 2.61 bits per heavy atom. The first kappa shape index (κ1) is 12.5. The molecule has 18 heavy (non-hydrogen) atoms. The van der Waals surface area contributed by atoms with Crippen molar-refractivity contribution >= 4 is 5.57 Å². The van der Waals surface area contributed by atoms with Crippen LogP contribution in [-0.2, 0) is 0 Å². The van der Waals surface area contributed by atoms with Crippen LogP contribution in [0.15, 0.2) is 42.6 Å². The van der Waals surface area contributed by atoms with Gasteiger partial charge in [0, 0.05) is 17.3 Å². The molecular weight excluding hydrogens is 225 g/mol. The molecule has 0 atom stereocenters. The van der Waals surface area contributed by atoms with Gasteiger partial charge in [-0.25, -0.2) is 4.39 Å². The minimum Gasteiger partial charge on any atom is -0.256 e. The van der Waals surface area contributed by atoms with Crippen molar-refractivity contribution in [1.29, 1.82) is 0 Å². The van der Waals surface area contributed by atoms with Gasteiger partial charge in [0.1, 0.15) is 5.82 Å². The Kier molecular flexibility index (Phi) is 3.56. The number of aryl methyl sites for hydroxylation is 1. The maximum absolute atomic E-state index is 13.7. The number of benzene rings is 1. The molecule has 2 heteroatoms. The summed E-state index contributed by atoms with van der Waals surface area (Å²) in [6.07, 6.45) is 3.76. The van der Waals surface area contributed by atoms with Crippen LogP contribution in [0.5, 0.6) is 0 Å².